The van der Waals surface area contributed by atoms with Crippen molar-refractivity contribution in [2.24, 2.45) is 0 Å². The molecule has 0 saturated heterocycles. The van der Waals surface area contributed by atoms with Crippen LogP contribution in [0.3, 0.4) is 0 Å². The number of nitrogens with zero attached hydrogens (tertiary/aromatic N) is 6. The minimum Gasteiger partial charge on any atom is -0.489 e. The van der Waals surface area contributed by atoms with Gasteiger partial charge in [0, 0.05) is 39.0 Å². The molecule has 0 aliphatic carbocycles. The van der Waals surface area contributed by atoms with Gasteiger partial charge in [0.05, 0.1) is 33.1 Å². The van der Waals surface area contributed by atoms with Crippen molar-refractivity contribution in [1.29, 1.82) is 0 Å². The second-order valence-electron chi connectivity index (χ2n) is 7.08. The predicted octanol–water partition coefficient (Wildman–Crippen LogP) is 3.12. The summed E-state index contributed by atoms with van der Waals surface area (Å²) in [5, 5.41) is 54.0. The molecule has 14 heteroatoms. The van der Waals surface area contributed by atoms with Crippen LogP contribution in [0.2, 0.25) is 0 Å². The maximum Gasteiger partial charge on any atom is 0.276 e. The number of aromatic nitrogens is 6. The van der Waals surface area contributed by atoms with Crippen molar-refractivity contribution < 1.29 is 69.6 Å². The Morgan fingerprint density at radius 1 is 0.289 bits per heavy atom. The first-order valence-corrected chi connectivity index (χ1v) is 10.3. The standard InChI is InChI=1S/3C8H6N2O2.2Ru/c3*11-7-8(12)10-6-4-2-1-3-5(6)9-7;;/h3*1-4H,(H,9,11)(H,10,12);;. The Morgan fingerprint density at radius 2 is 0.421 bits per heavy atom. The molecular weight excluding hydrogens is 670 g/mol. The number of benzene rings is 3. The minimum absolute atomic E-state index is 0. The third kappa shape index (κ3) is 7.15. The normalized spacial score (nSPS) is 9.79. The van der Waals surface area contributed by atoms with E-state index >= 15 is 0 Å². The van der Waals surface area contributed by atoms with E-state index in [0.29, 0.717) is 33.1 Å². The number of para-hydroxylation sites is 6. The largest absolute Gasteiger partial charge is 0.489 e. The van der Waals surface area contributed by atoms with Crippen LogP contribution in [0.15, 0.2) is 72.8 Å². The summed E-state index contributed by atoms with van der Waals surface area (Å²) in [6.45, 7) is 0. The number of hydrogen-bond donors (Lipinski definition) is 6. The van der Waals surface area contributed by atoms with Crippen LogP contribution in [0, 0.1) is 0 Å². The van der Waals surface area contributed by atoms with Crippen LogP contribution in [0.1, 0.15) is 0 Å². The molecule has 0 saturated carbocycles. The SMILES string of the molecule is Oc1nc2ccccc2nc1O.Oc1nc2ccccc2nc1O.Oc1nc2ccccc2nc1O.[Ru].[Ru]. The van der Waals surface area contributed by atoms with Crippen molar-refractivity contribution in [2.45, 2.75) is 0 Å². The Bertz CT molecular complexity index is 1370. The van der Waals surface area contributed by atoms with E-state index in [-0.39, 0.29) is 39.0 Å². The van der Waals surface area contributed by atoms with Gasteiger partial charge in [-0.15, -0.1) is 0 Å². The molecule has 38 heavy (non-hydrogen) atoms. The number of hydrogen-bond acceptors (Lipinski definition) is 12. The number of fused-ring (bicyclic) bond motifs is 3. The zero-order valence-electron chi connectivity index (χ0n) is 19.0. The number of aromatic hydroxyl groups is 6. The van der Waals surface area contributed by atoms with Crippen LogP contribution < -0.4 is 0 Å². The second-order valence-corrected chi connectivity index (χ2v) is 7.08. The van der Waals surface area contributed by atoms with Gasteiger partial charge < -0.3 is 30.6 Å². The van der Waals surface area contributed by atoms with Crippen LogP contribution in [0.25, 0.3) is 33.1 Å². The topological polar surface area (TPSA) is 199 Å². The Labute approximate surface area is 239 Å². The molecule has 0 aliphatic heterocycles. The van der Waals surface area contributed by atoms with Gasteiger partial charge in [0.25, 0.3) is 35.3 Å². The molecular formula is C24H18N6O6Ru2. The van der Waals surface area contributed by atoms with Gasteiger partial charge >= 0.3 is 0 Å². The summed E-state index contributed by atoms with van der Waals surface area (Å²) in [7, 11) is 0. The summed E-state index contributed by atoms with van der Waals surface area (Å²) in [4.78, 5) is 22.3. The van der Waals surface area contributed by atoms with Gasteiger partial charge in [-0.3, -0.25) is 0 Å². The van der Waals surface area contributed by atoms with Crippen molar-refractivity contribution >= 4 is 33.1 Å². The molecule has 0 radical (unpaired) electrons. The molecule has 0 unspecified atom stereocenters. The molecule has 0 fully saturated rings. The third-order valence-electron chi connectivity index (χ3n) is 4.60. The second kappa shape index (κ2) is 13.3. The molecule has 6 rings (SSSR count). The number of rotatable bonds is 0. The van der Waals surface area contributed by atoms with Crippen molar-refractivity contribution in [1.82, 2.24) is 29.9 Å². The molecule has 0 aliphatic rings. The van der Waals surface area contributed by atoms with E-state index in [2.05, 4.69) is 29.9 Å². The van der Waals surface area contributed by atoms with Crippen molar-refractivity contribution in [3.63, 3.8) is 0 Å². The summed E-state index contributed by atoms with van der Waals surface area (Å²) in [5.74, 6) is -2.62. The molecule has 0 bridgehead atoms. The van der Waals surface area contributed by atoms with Crippen LogP contribution >= 0.6 is 0 Å². The monoisotopic (exact) mass is 690 g/mol. The molecule has 6 N–H and O–H groups in total. The molecule has 0 atom stereocenters. The fourth-order valence-electron chi connectivity index (χ4n) is 2.94. The smallest absolute Gasteiger partial charge is 0.276 e. The Balaban J connectivity index is 0.000000195. The van der Waals surface area contributed by atoms with E-state index in [1.165, 1.54) is 0 Å². The van der Waals surface area contributed by atoms with Gasteiger partial charge in [-0.05, 0) is 36.4 Å². The molecule has 0 spiro atoms. The molecule has 12 nitrogen and oxygen atoms in total. The Kier molecular flexibility index (Phi) is 10.5. The van der Waals surface area contributed by atoms with E-state index in [1.54, 1.807) is 72.8 Å². The van der Waals surface area contributed by atoms with E-state index < -0.39 is 35.3 Å². The van der Waals surface area contributed by atoms with Gasteiger partial charge in [-0.2, -0.15) is 0 Å². The quantitative estimate of drug-likeness (QED) is 0.128. The summed E-state index contributed by atoms with van der Waals surface area (Å²) >= 11 is 0. The fourth-order valence-corrected chi connectivity index (χ4v) is 2.94. The van der Waals surface area contributed by atoms with E-state index in [9.17, 15) is 0 Å². The van der Waals surface area contributed by atoms with Crippen molar-refractivity contribution in [3.8, 4) is 35.3 Å². The van der Waals surface area contributed by atoms with Crippen LogP contribution in [0.5, 0.6) is 35.3 Å². The maximum atomic E-state index is 8.99. The molecule has 196 valence electrons. The Hall–Kier alpha value is -4.27. The van der Waals surface area contributed by atoms with E-state index in [1.807, 2.05) is 0 Å². The van der Waals surface area contributed by atoms with Gasteiger partial charge in [-0.1, -0.05) is 36.4 Å². The first-order valence-electron chi connectivity index (χ1n) is 10.3. The predicted molar refractivity (Wildman–Crippen MR) is 129 cm³/mol. The molecule has 3 aromatic heterocycles. The van der Waals surface area contributed by atoms with Crippen LogP contribution in [-0.4, -0.2) is 60.5 Å². The minimum atomic E-state index is -0.436. The average Bonchev–Trinajstić information content (AvgIpc) is 2.87. The van der Waals surface area contributed by atoms with Crippen LogP contribution in [-0.2, 0) is 39.0 Å². The summed E-state index contributed by atoms with van der Waals surface area (Å²) in [6, 6.07) is 21.0. The fraction of sp³-hybridized carbons (Fsp3) is 0. The van der Waals surface area contributed by atoms with Crippen molar-refractivity contribution in [2.75, 3.05) is 0 Å². The summed E-state index contributed by atoms with van der Waals surface area (Å²) < 4.78 is 0. The molecule has 0 amide bonds. The molecule has 3 aromatic carbocycles. The van der Waals surface area contributed by atoms with Gasteiger partial charge in [0.2, 0.25) is 0 Å². The van der Waals surface area contributed by atoms with Crippen LogP contribution in [0.4, 0.5) is 0 Å². The van der Waals surface area contributed by atoms with Gasteiger partial charge in [-0.25, -0.2) is 29.9 Å². The van der Waals surface area contributed by atoms with E-state index in [0.717, 1.165) is 0 Å². The van der Waals surface area contributed by atoms with Gasteiger partial charge in [0.15, 0.2) is 0 Å². The zero-order chi connectivity index (χ0) is 25.7. The summed E-state index contributed by atoms with van der Waals surface area (Å²) in [6.07, 6.45) is 0. The zero-order valence-corrected chi connectivity index (χ0v) is 22.5. The third-order valence-corrected chi connectivity index (χ3v) is 4.60. The summed E-state index contributed by atoms with van der Waals surface area (Å²) in [5.41, 5.74) is 3.38. The Morgan fingerprint density at radius 3 is 0.553 bits per heavy atom. The van der Waals surface area contributed by atoms with Crippen molar-refractivity contribution in [3.05, 3.63) is 72.8 Å². The molecule has 3 heterocycles. The first kappa shape index (κ1) is 30.0. The van der Waals surface area contributed by atoms with E-state index in [4.69, 9.17) is 30.6 Å². The van der Waals surface area contributed by atoms with Gasteiger partial charge in [0.1, 0.15) is 0 Å². The average molecular weight is 689 g/mol. The maximum absolute atomic E-state index is 8.99. The first-order chi connectivity index (χ1) is 17.3. The molecule has 6 aromatic rings.